The van der Waals surface area contributed by atoms with Gasteiger partial charge in [-0.3, -0.25) is 0 Å². The van der Waals surface area contributed by atoms with Crippen molar-refractivity contribution >= 4 is 0 Å². The van der Waals surface area contributed by atoms with Gasteiger partial charge in [-0.05, 0) is 49.0 Å². The number of fused-ring (bicyclic) bond motifs is 3. The molecule has 2 heteroatoms. The number of ether oxygens (including phenoxy) is 1. The van der Waals surface area contributed by atoms with Crippen molar-refractivity contribution in [3.8, 4) is 0 Å². The molecule has 2 saturated carbocycles. The van der Waals surface area contributed by atoms with Gasteiger partial charge in [-0.25, -0.2) is 0 Å². The maximum Gasteiger partial charge on any atom is 0.0946 e. The van der Waals surface area contributed by atoms with Crippen LogP contribution in [0.3, 0.4) is 0 Å². The lowest BCUT2D eigenvalue weighted by molar-refractivity contribution is -0.210. The van der Waals surface area contributed by atoms with E-state index in [0.29, 0.717) is 5.92 Å². The van der Waals surface area contributed by atoms with Crippen LogP contribution in [0.4, 0.5) is 0 Å². The SMILES string of the molecule is C=C[C@]1(C)C=C2C[C@@H](O)[C@H]3C(C)(C)CCC[C@]3(C)[C@@]2(OC)CC1. The Bertz CT molecular complexity index is 534. The molecule has 0 amide bonds. The monoisotopic (exact) mass is 318 g/mol. The van der Waals surface area contributed by atoms with Crippen molar-refractivity contribution in [3.05, 3.63) is 24.3 Å². The Morgan fingerprint density at radius 1 is 1.17 bits per heavy atom. The fourth-order valence-corrected chi connectivity index (χ4v) is 6.52. The third-order valence-electron chi connectivity index (χ3n) is 7.64. The summed E-state index contributed by atoms with van der Waals surface area (Å²) in [5.74, 6) is 0.300. The van der Waals surface area contributed by atoms with Gasteiger partial charge in [-0.15, -0.1) is 6.58 Å². The zero-order chi connectivity index (χ0) is 17.1. The third-order valence-corrected chi connectivity index (χ3v) is 7.64. The number of methoxy groups -OCH3 is 1. The first kappa shape index (κ1) is 17.2. The van der Waals surface area contributed by atoms with Gasteiger partial charge in [0, 0.05) is 17.9 Å². The standard InChI is InChI=1S/C21H34O2/c1-7-19(4)11-12-21(23-6)15(14-19)13-16(22)17-18(2,3)9-8-10-20(17,21)5/h7,14,16-17,22H,1,8-13H2,2-6H3/t16-,17+,19+,20+,21-/m1/s1. The fourth-order valence-electron chi connectivity index (χ4n) is 6.52. The highest BCUT2D eigenvalue weighted by atomic mass is 16.5. The molecule has 2 nitrogen and oxygen atoms in total. The molecule has 3 aliphatic rings. The second-order valence-electron chi connectivity index (χ2n) is 9.42. The van der Waals surface area contributed by atoms with E-state index in [0.717, 1.165) is 25.7 Å². The maximum atomic E-state index is 11.1. The van der Waals surface area contributed by atoms with E-state index in [2.05, 4.69) is 46.4 Å². The molecule has 0 radical (unpaired) electrons. The average Bonchev–Trinajstić information content (AvgIpc) is 2.46. The third kappa shape index (κ3) is 2.21. The molecule has 0 bridgehead atoms. The van der Waals surface area contributed by atoms with Crippen molar-refractivity contribution in [3.63, 3.8) is 0 Å². The number of allylic oxidation sites excluding steroid dienone is 2. The molecule has 5 atom stereocenters. The number of aliphatic hydroxyl groups is 1. The molecule has 0 heterocycles. The van der Waals surface area contributed by atoms with Crippen molar-refractivity contribution in [1.29, 1.82) is 0 Å². The van der Waals surface area contributed by atoms with Crippen LogP contribution >= 0.6 is 0 Å². The predicted octanol–water partition coefficient (Wildman–Crippen LogP) is 4.88. The molecular formula is C21H34O2. The van der Waals surface area contributed by atoms with E-state index >= 15 is 0 Å². The first-order valence-electron chi connectivity index (χ1n) is 9.23. The largest absolute Gasteiger partial charge is 0.392 e. The van der Waals surface area contributed by atoms with Crippen LogP contribution in [0.5, 0.6) is 0 Å². The molecule has 1 N–H and O–H groups in total. The molecule has 0 saturated heterocycles. The van der Waals surface area contributed by atoms with Crippen LogP contribution in [0.2, 0.25) is 0 Å². The molecule has 0 aromatic rings. The smallest absolute Gasteiger partial charge is 0.0946 e. The zero-order valence-electron chi connectivity index (χ0n) is 15.6. The van der Waals surface area contributed by atoms with Gasteiger partial charge in [0.25, 0.3) is 0 Å². The molecule has 0 aromatic carbocycles. The van der Waals surface area contributed by atoms with E-state index in [4.69, 9.17) is 4.74 Å². The summed E-state index contributed by atoms with van der Waals surface area (Å²) >= 11 is 0. The van der Waals surface area contributed by atoms with Crippen LogP contribution < -0.4 is 0 Å². The van der Waals surface area contributed by atoms with Crippen molar-refractivity contribution in [2.75, 3.05) is 7.11 Å². The van der Waals surface area contributed by atoms with E-state index in [9.17, 15) is 5.11 Å². The van der Waals surface area contributed by atoms with E-state index in [-0.39, 0.29) is 27.9 Å². The topological polar surface area (TPSA) is 29.5 Å². The summed E-state index contributed by atoms with van der Waals surface area (Å²) in [4.78, 5) is 0. The van der Waals surface area contributed by atoms with Crippen LogP contribution in [-0.2, 0) is 4.74 Å². The normalized spacial score (nSPS) is 48.9. The lowest BCUT2D eigenvalue weighted by atomic mass is 9.43. The second-order valence-corrected chi connectivity index (χ2v) is 9.42. The van der Waals surface area contributed by atoms with Gasteiger partial charge in [0.05, 0.1) is 11.7 Å². The molecule has 0 aromatic heterocycles. The summed E-state index contributed by atoms with van der Waals surface area (Å²) < 4.78 is 6.32. The van der Waals surface area contributed by atoms with Crippen LogP contribution in [0.1, 0.15) is 66.2 Å². The minimum absolute atomic E-state index is 0.00942. The molecular weight excluding hydrogens is 284 g/mol. The maximum absolute atomic E-state index is 11.1. The number of hydrogen-bond donors (Lipinski definition) is 1. The van der Waals surface area contributed by atoms with E-state index < -0.39 is 0 Å². The van der Waals surface area contributed by atoms with Crippen molar-refractivity contribution < 1.29 is 9.84 Å². The van der Waals surface area contributed by atoms with E-state index in [1.807, 2.05) is 7.11 Å². The van der Waals surface area contributed by atoms with Crippen LogP contribution in [0.25, 0.3) is 0 Å². The Morgan fingerprint density at radius 3 is 2.48 bits per heavy atom. The lowest BCUT2D eigenvalue weighted by Gasteiger charge is -2.65. The highest BCUT2D eigenvalue weighted by Gasteiger charge is 2.65. The van der Waals surface area contributed by atoms with Gasteiger partial charge in [0.15, 0.2) is 0 Å². The van der Waals surface area contributed by atoms with Gasteiger partial charge in [-0.2, -0.15) is 0 Å². The predicted molar refractivity (Wildman–Crippen MR) is 95.2 cm³/mol. The summed E-state index contributed by atoms with van der Waals surface area (Å²) in [5, 5.41) is 11.1. The summed E-state index contributed by atoms with van der Waals surface area (Å²) in [6, 6.07) is 0. The first-order chi connectivity index (χ1) is 10.6. The van der Waals surface area contributed by atoms with Gasteiger partial charge in [0.2, 0.25) is 0 Å². The Morgan fingerprint density at radius 2 is 1.87 bits per heavy atom. The quantitative estimate of drug-likeness (QED) is 0.735. The minimum atomic E-state index is -0.267. The van der Waals surface area contributed by atoms with Crippen molar-refractivity contribution in [2.24, 2.45) is 22.2 Å². The number of rotatable bonds is 2. The van der Waals surface area contributed by atoms with Crippen molar-refractivity contribution in [1.82, 2.24) is 0 Å². The zero-order valence-corrected chi connectivity index (χ0v) is 15.6. The Balaban J connectivity index is 2.16. The number of aliphatic hydroxyl groups excluding tert-OH is 1. The van der Waals surface area contributed by atoms with E-state index in [1.54, 1.807) is 0 Å². The second kappa shape index (κ2) is 5.20. The summed E-state index contributed by atoms with van der Waals surface area (Å²) in [7, 11) is 1.88. The first-order valence-corrected chi connectivity index (χ1v) is 9.23. The highest BCUT2D eigenvalue weighted by molar-refractivity contribution is 5.35. The Labute approximate surface area is 142 Å². The average molecular weight is 319 g/mol. The lowest BCUT2D eigenvalue weighted by Crippen LogP contribution is -2.65. The Hall–Kier alpha value is -0.600. The van der Waals surface area contributed by atoms with Crippen LogP contribution in [0.15, 0.2) is 24.3 Å². The molecule has 23 heavy (non-hydrogen) atoms. The molecule has 2 fully saturated rings. The molecule has 3 aliphatic carbocycles. The van der Waals surface area contributed by atoms with Gasteiger partial charge in [-0.1, -0.05) is 46.3 Å². The minimum Gasteiger partial charge on any atom is -0.392 e. The molecule has 0 spiro atoms. The van der Waals surface area contributed by atoms with E-state index in [1.165, 1.54) is 18.4 Å². The van der Waals surface area contributed by atoms with Crippen LogP contribution in [-0.4, -0.2) is 23.9 Å². The van der Waals surface area contributed by atoms with Crippen LogP contribution in [0, 0.1) is 22.2 Å². The summed E-state index contributed by atoms with van der Waals surface area (Å²) in [6.45, 7) is 13.3. The van der Waals surface area contributed by atoms with Crippen molar-refractivity contribution in [2.45, 2.75) is 77.9 Å². The molecule has 0 aliphatic heterocycles. The molecule has 0 unspecified atom stereocenters. The summed E-state index contributed by atoms with van der Waals surface area (Å²) in [5.41, 5.74) is 1.32. The molecule has 130 valence electrons. The summed E-state index contributed by atoms with van der Waals surface area (Å²) in [6.07, 6.45) is 10.6. The van der Waals surface area contributed by atoms with Gasteiger partial charge in [0.1, 0.15) is 0 Å². The fraction of sp³-hybridized carbons (Fsp3) is 0.810. The Kier molecular flexibility index (Phi) is 3.89. The number of hydrogen-bond acceptors (Lipinski definition) is 2. The van der Waals surface area contributed by atoms with Gasteiger partial charge >= 0.3 is 0 Å². The molecule has 3 rings (SSSR count). The highest BCUT2D eigenvalue weighted by Crippen LogP contribution is 2.66. The van der Waals surface area contributed by atoms with Gasteiger partial charge < -0.3 is 9.84 Å².